The van der Waals surface area contributed by atoms with Gasteiger partial charge in [-0.25, -0.2) is 0 Å². The van der Waals surface area contributed by atoms with Gasteiger partial charge in [0.15, 0.2) is 0 Å². The number of nitrogens with zero attached hydrogens (tertiary/aromatic N) is 1. The lowest BCUT2D eigenvalue weighted by Gasteiger charge is -2.37. The number of hydrogen-bond acceptors (Lipinski definition) is 2. The Bertz CT molecular complexity index is 462. The van der Waals surface area contributed by atoms with Crippen molar-refractivity contribution in [3.63, 3.8) is 0 Å². The number of unbranched alkanes of at least 4 members (excludes halogenated alkanes) is 2. The molecule has 0 radical (unpaired) electrons. The first-order chi connectivity index (χ1) is 11.1. The molecule has 1 rings (SSSR count). The zero-order chi connectivity index (χ0) is 17.1. The first-order valence-electron chi connectivity index (χ1n) is 9.31. The maximum Gasteiger partial charge on any atom is 0.101 e. The van der Waals surface area contributed by atoms with Crippen molar-refractivity contribution in [2.45, 2.75) is 84.7 Å². The van der Waals surface area contributed by atoms with Crippen LogP contribution >= 0.6 is 0 Å². The largest absolute Gasteiger partial charge is 0.295 e. The molecule has 0 bridgehead atoms. The molecule has 0 saturated heterocycles. The van der Waals surface area contributed by atoms with Gasteiger partial charge in [0, 0.05) is 6.04 Å². The molecule has 0 aromatic heterocycles. The Kier molecular flexibility index (Phi) is 8.95. The maximum atomic E-state index is 9.82. The van der Waals surface area contributed by atoms with Crippen molar-refractivity contribution in [2.24, 2.45) is 5.41 Å². The van der Waals surface area contributed by atoms with E-state index in [1.165, 1.54) is 24.8 Å². The summed E-state index contributed by atoms with van der Waals surface area (Å²) in [5.74, 6) is 0. The number of benzene rings is 1. The highest BCUT2D eigenvalue weighted by atomic mass is 15.0. The Balaban J connectivity index is 2.87. The summed E-state index contributed by atoms with van der Waals surface area (Å²) in [4.78, 5) is 0. The standard InChI is InChI=1S/C21H34N2/c1-5-8-12-16-21(4,15-6-2)20(17-22)23-19(7-3)18-13-10-9-11-14-18/h9-11,13-14,19-20,23H,5-8,12,15-16H2,1-4H3. The van der Waals surface area contributed by atoms with Crippen LogP contribution in [0.4, 0.5) is 0 Å². The van der Waals surface area contributed by atoms with Gasteiger partial charge in [-0.1, -0.05) is 83.7 Å². The normalized spacial score (nSPS) is 16.3. The minimum absolute atomic E-state index is 0.0564. The van der Waals surface area contributed by atoms with Gasteiger partial charge in [-0.2, -0.15) is 5.26 Å². The fourth-order valence-electron chi connectivity index (χ4n) is 3.49. The smallest absolute Gasteiger partial charge is 0.101 e. The van der Waals surface area contributed by atoms with Crippen LogP contribution in [0, 0.1) is 16.7 Å². The Morgan fingerprint density at radius 3 is 2.26 bits per heavy atom. The predicted molar refractivity (Wildman–Crippen MR) is 99.2 cm³/mol. The Hall–Kier alpha value is -1.33. The summed E-state index contributed by atoms with van der Waals surface area (Å²) >= 11 is 0. The summed E-state index contributed by atoms with van der Waals surface area (Å²) in [6, 6.07) is 13.3. The average Bonchev–Trinajstić information content (AvgIpc) is 2.57. The van der Waals surface area contributed by atoms with Crippen molar-refractivity contribution in [3.8, 4) is 6.07 Å². The molecule has 1 aromatic rings. The third kappa shape index (κ3) is 5.99. The second-order valence-electron chi connectivity index (χ2n) is 6.96. The molecule has 0 fully saturated rings. The van der Waals surface area contributed by atoms with E-state index < -0.39 is 0 Å². The zero-order valence-corrected chi connectivity index (χ0v) is 15.4. The van der Waals surface area contributed by atoms with Gasteiger partial charge >= 0.3 is 0 Å². The maximum absolute atomic E-state index is 9.82. The van der Waals surface area contributed by atoms with Crippen LogP contribution in [0.3, 0.4) is 0 Å². The minimum Gasteiger partial charge on any atom is -0.295 e. The van der Waals surface area contributed by atoms with Crippen LogP contribution in [0.25, 0.3) is 0 Å². The summed E-state index contributed by atoms with van der Waals surface area (Å²) in [6.45, 7) is 8.94. The number of hydrogen-bond donors (Lipinski definition) is 1. The number of rotatable bonds is 11. The van der Waals surface area contributed by atoms with E-state index in [-0.39, 0.29) is 17.5 Å². The first kappa shape index (κ1) is 19.7. The first-order valence-corrected chi connectivity index (χ1v) is 9.31. The van der Waals surface area contributed by atoms with Crippen molar-refractivity contribution in [3.05, 3.63) is 35.9 Å². The fraction of sp³-hybridized carbons (Fsp3) is 0.667. The predicted octanol–water partition coefficient (Wildman–Crippen LogP) is 6.01. The van der Waals surface area contributed by atoms with Gasteiger partial charge in [0.25, 0.3) is 0 Å². The highest BCUT2D eigenvalue weighted by Crippen LogP contribution is 2.35. The summed E-state index contributed by atoms with van der Waals surface area (Å²) in [5.41, 5.74) is 1.34. The summed E-state index contributed by atoms with van der Waals surface area (Å²) < 4.78 is 0. The molecule has 3 unspecified atom stereocenters. The molecule has 0 amide bonds. The van der Waals surface area contributed by atoms with Crippen LogP contribution in [0.2, 0.25) is 0 Å². The Morgan fingerprint density at radius 1 is 1.04 bits per heavy atom. The SMILES string of the molecule is CCCCCC(C)(CCC)C(C#N)NC(CC)c1ccccc1. The van der Waals surface area contributed by atoms with Crippen LogP contribution in [0.15, 0.2) is 30.3 Å². The molecule has 0 heterocycles. The van der Waals surface area contributed by atoms with E-state index in [1.807, 2.05) is 6.07 Å². The van der Waals surface area contributed by atoms with Crippen molar-refractivity contribution in [2.75, 3.05) is 0 Å². The van der Waals surface area contributed by atoms with Gasteiger partial charge in [-0.05, 0) is 30.2 Å². The van der Waals surface area contributed by atoms with E-state index in [9.17, 15) is 5.26 Å². The molecule has 0 saturated carbocycles. The molecule has 2 nitrogen and oxygen atoms in total. The van der Waals surface area contributed by atoms with Crippen molar-refractivity contribution in [1.82, 2.24) is 5.32 Å². The molecule has 2 heteroatoms. The van der Waals surface area contributed by atoms with Crippen molar-refractivity contribution in [1.29, 1.82) is 5.26 Å². The van der Waals surface area contributed by atoms with Crippen LogP contribution in [-0.4, -0.2) is 6.04 Å². The van der Waals surface area contributed by atoms with Gasteiger partial charge in [-0.15, -0.1) is 0 Å². The summed E-state index contributed by atoms with van der Waals surface area (Å²) in [7, 11) is 0. The van der Waals surface area contributed by atoms with Gasteiger partial charge in [0.2, 0.25) is 0 Å². The topological polar surface area (TPSA) is 35.8 Å². The molecule has 128 valence electrons. The molecule has 0 aliphatic heterocycles. The zero-order valence-electron chi connectivity index (χ0n) is 15.4. The van der Waals surface area contributed by atoms with E-state index in [0.29, 0.717) is 0 Å². The van der Waals surface area contributed by atoms with E-state index in [1.54, 1.807) is 0 Å². The van der Waals surface area contributed by atoms with Crippen LogP contribution < -0.4 is 5.32 Å². The average molecular weight is 315 g/mol. The van der Waals surface area contributed by atoms with E-state index >= 15 is 0 Å². The molecule has 0 aliphatic carbocycles. The highest BCUT2D eigenvalue weighted by Gasteiger charge is 2.34. The van der Waals surface area contributed by atoms with Gasteiger partial charge in [0.05, 0.1) is 6.07 Å². The van der Waals surface area contributed by atoms with Gasteiger partial charge in [0.1, 0.15) is 6.04 Å². The lowest BCUT2D eigenvalue weighted by atomic mass is 9.74. The fourth-order valence-corrected chi connectivity index (χ4v) is 3.49. The summed E-state index contributed by atoms with van der Waals surface area (Å²) in [5, 5.41) is 13.5. The van der Waals surface area contributed by atoms with E-state index in [4.69, 9.17) is 0 Å². The molecule has 3 atom stereocenters. The van der Waals surface area contributed by atoms with Crippen LogP contribution in [-0.2, 0) is 0 Å². The summed E-state index contributed by atoms with van der Waals surface area (Å²) in [6.07, 6.45) is 8.07. The molecule has 0 aliphatic rings. The van der Waals surface area contributed by atoms with Gasteiger partial charge < -0.3 is 0 Å². The Labute approximate surface area is 143 Å². The lowest BCUT2D eigenvalue weighted by Crippen LogP contribution is -2.44. The van der Waals surface area contributed by atoms with E-state index in [2.05, 4.69) is 63.3 Å². The number of nitriles is 1. The molecular weight excluding hydrogens is 280 g/mol. The monoisotopic (exact) mass is 314 g/mol. The third-order valence-electron chi connectivity index (χ3n) is 4.98. The molecule has 1 N–H and O–H groups in total. The second-order valence-corrected chi connectivity index (χ2v) is 6.96. The molecule has 0 spiro atoms. The lowest BCUT2D eigenvalue weighted by molar-refractivity contribution is 0.194. The van der Waals surface area contributed by atoms with Crippen LogP contribution in [0.5, 0.6) is 0 Å². The van der Waals surface area contributed by atoms with Crippen LogP contribution in [0.1, 0.15) is 84.2 Å². The minimum atomic E-state index is -0.0931. The number of nitrogens with one attached hydrogen (secondary N) is 1. The Morgan fingerprint density at radius 2 is 1.74 bits per heavy atom. The second kappa shape index (κ2) is 10.4. The van der Waals surface area contributed by atoms with Crippen molar-refractivity contribution >= 4 is 0 Å². The highest BCUT2D eigenvalue weighted by molar-refractivity contribution is 5.20. The molecule has 1 aromatic carbocycles. The molecule has 23 heavy (non-hydrogen) atoms. The molecular formula is C21H34N2. The van der Waals surface area contributed by atoms with E-state index in [0.717, 1.165) is 25.7 Å². The quantitative estimate of drug-likeness (QED) is 0.508. The van der Waals surface area contributed by atoms with Gasteiger partial charge in [-0.3, -0.25) is 5.32 Å². The van der Waals surface area contributed by atoms with Crippen molar-refractivity contribution < 1.29 is 0 Å². The third-order valence-corrected chi connectivity index (χ3v) is 4.98.